The number of hydrogen-bond acceptors (Lipinski definition) is 1. The van der Waals surface area contributed by atoms with E-state index in [2.05, 4.69) is 19.3 Å². The maximum absolute atomic E-state index is 3.62. The molecule has 0 saturated heterocycles. The molecule has 2 aliphatic carbocycles. The Morgan fingerprint density at radius 3 is 2.24 bits per heavy atom. The summed E-state index contributed by atoms with van der Waals surface area (Å²) >= 11 is 0. The van der Waals surface area contributed by atoms with Crippen LogP contribution in [-0.4, -0.2) is 13.1 Å². The fourth-order valence-electron chi connectivity index (χ4n) is 4.28. The minimum atomic E-state index is 0.820. The summed E-state index contributed by atoms with van der Waals surface area (Å²) in [4.78, 5) is 0. The zero-order chi connectivity index (χ0) is 12.1. The van der Waals surface area contributed by atoms with Gasteiger partial charge in [0.05, 0.1) is 0 Å². The second kappa shape index (κ2) is 6.78. The summed E-state index contributed by atoms with van der Waals surface area (Å²) in [6, 6.07) is 0.820. The third-order valence-electron chi connectivity index (χ3n) is 5.51. The Kier molecular flexibility index (Phi) is 5.34. The molecule has 0 amide bonds. The quantitative estimate of drug-likeness (QED) is 0.719. The van der Waals surface area contributed by atoms with Crippen LogP contribution in [0.4, 0.5) is 0 Å². The van der Waals surface area contributed by atoms with Gasteiger partial charge in [0, 0.05) is 6.04 Å². The van der Waals surface area contributed by atoms with Gasteiger partial charge in [-0.2, -0.15) is 0 Å². The smallest absolute Gasteiger partial charge is 0.00949 e. The first-order chi connectivity index (χ1) is 8.35. The van der Waals surface area contributed by atoms with E-state index in [4.69, 9.17) is 0 Å². The van der Waals surface area contributed by atoms with Gasteiger partial charge in [-0.3, -0.25) is 0 Å². The van der Waals surface area contributed by atoms with Crippen molar-refractivity contribution in [3.05, 3.63) is 0 Å². The van der Waals surface area contributed by atoms with Crippen LogP contribution in [-0.2, 0) is 0 Å². The first-order valence-corrected chi connectivity index (χ1v) is 8.02. The first-order valence-electron chi connectivity index (χ1n) is 8.02. The van der Waals surface area contributed by atoms with Crippen LogP contribution in [0.2, 0.25) is 0 Å². The lowest BCUT2D eigenvalue weighted by molar-refractivity contribution is 0.161. The van der Waals surface area contributed by atoms with E-state index < -0.39 is 0 Å². The molecule has 2 aliphatic rings. The Bertz CT molecular complexity index is 206. The maximum Gasteiger partial charge on any atom is 0.00949 e. The molecule has 0 bridgehead atoms. The average molecular weight is 237 g/mol. The van der Waals surface area contributed by atoms with Gasteiger partial charge in [-0.1, -0.05) is 45.4 Å². The monoisotopic (exact) mass is 237 g/mol. The number of rotatable bonds is 3. The lowest BCUT2D eigenvalue weighted by Crippen LogP contribution is -2.38. The molecule has 0 aromatic heterocycles. The van der Waals surface area contributed by atoms with Crippen molar-refractivity contribution in [2.45, 2.75) is 77.2 Å². The van der Waals surface area contributed by atoms with Crippen LogP contribution in [0.1, 0.15) is 71.1 Å². The van der Waals surface area contributed by atoms with E-state index in [1.807, 2.05) is 0 Å². The second-order valence-electron chi connectivity index (χ2n) is 6.39. The molecule has 100 valence electrons. The third kappa shape index (κ3) is 3.47. The van der Waals surface area contributed by atoms with Gasteiger partial charge in [0.25, 0.3) is 0 Å². The van der Waals surface area contributed by atoms with Gasteiger partial charge in [-0.15, -0.1) is 0 Å². The predicted molar refractivity (Wildman–Crippen MR) is 75.2 cm³/mol. The summed E-state index contributed by atoms with van der Waals surface area (Å²) in [6.45, 7) is 2.37. The largest absolute Gasteiger partial charge is 0.317 e. The van der Waals surface area contributed by atoms with E-state index in [-0.39, 0.29) is 0 Å². The average Bonchev–Trinajstić information content (AvgIpc) is 2.64. The van der Waals surface area contributed by atoms with Gasteiger partial charge in [0.1, 0.15) is 0 Å². The van der Waals surface area contributed by atoms with Crippen LogP contribution in [0.3, 0.4) is 0 Å². The molecular weight excluding hydrogens is 206 g/mol. The molecule has 0 radical (unpaired) electrons. The number of nitrogens with one attached hydrogen (secondary N) is 1. The van der Waals surface area contributed by atoms with Crippen LogP contribution in [0.25, 0.3) is 0 Å². The highest BCUT2D eigenvalue weighted by Crippen LogP contribution is 2.40. The fourth-order valence-corrected chi connectivity index (χ4v) is 4.28. The van der Waals surface area contributed by atoms with Crippen LogP contribution < -0.4 is 5.32 Å². The molecule has 0 heterocycles. The van der Waals surface area contributed by atoms with E-state index in [1.165, 1.54) is 64.2 Å². The molecule has 0 aliphatic heterocycles. The fraction of sp³-hybridized carbons (Fsp3) is 1.00. The summed E-state index contributed by atoms with van der Waals surface area (Å²) < 4.78 is 0. The zero-order valence-corrected chi connectivity index (χ0v) is 11.9. The Morgan fingerprint density at radius 2 is 1.59 bits per heavy atom. The highest BCUT2D eigenvalue weighted by molar-refractivity contribution is 4.86. The zero-order valence-electron chi connectivity index (χ0n) is 11.9. The Hall–Kier alpha value is -0.0400. The summed E-state index contributed by atoms with van der Waals surface area (Å²) in [5.41, 5.74) is 0. The van der Waals surface area contributed by atoms with Crippen LogP contribution in [0.5, 0.6) is 0 Å². The summed E-state index contributed by atoms with van der Waals surface area (Å²) in [7, 11) is 2.18. The highest BCUT2D eigenvalue weighted by Gasteiger charge is 2.32. The van der Waals surface area contributed by atoms with E-state index in [1.54, 1.807) is 0 Å². The predicted octanol–water partition coefficient (Wildman–Crippen LogP) is 4.37. The molecule has 17 heavy (non-hydrogen) atoms. The molecule has 0 aromatic carbocycles. The van der Waals surface area contributed by atoms with Crippen LogP contribution in [0, 0.1) is 17.8 Å². The lowest BCUT2D eigenvalue weighted by atomic mass is 9.71. The van der Waals surface area contributed by atoms with Gasteiger partial charge in [0.15, 0.2) is 0 Å². The van der Waals surface area contributed by atoms with Crippen molar-refractivity contribution in [1.29, 1.82) is 0 Å². The molecule has 0 aromatic rings. The molecule has 2 atom stereocenters. The van der Waals surface area contributed by atoms with E-state index in [0.29, 0.717) is 0 Å². The minimum Gasteiger partial charge on any atom is -0.317 e. The van der Waals surface area contributed by atoms with Crippen LogP contribution >= 0.6 is 0 Å². The third-order valence-corrected chi connectivity index (χ3v) is 5.51. The Labute approximate surface area is 108 Å². The molecule has 2 saturated carbocycles. The van der Waals surface area contributed by atoms with Crippen molar-refractivity contribution >= 4 is 0 Å². The summed E-state index contributed by atoms with van der Waals surface area (Å²) in [6.07, 6.45) is 14.8. The van der Waals surface area contributed by atoms with E-state index >= 15 is 0 Å². The molecule has 2 rings (SSSR count). The molecule has 0 spiro atoms. The standard InChI is InChI=1S/C16H31N/c1-3-13-9-11-14(12-10-13)15-7-5-4-6-8-16(15)17-2/h13-17H,3-12H2,1-2H3. The first kappa shape index (κ1) is 13.4. The van der Waals surface area contributed by atoms with Crippen molar-refractivity contribution in [2.24, 2.45) is 17.8 Å². The summed E-state index contributed by atoms with van der Waals surface area (Å²) in [5, 5.41) is 3.62. The van der Waals surface area contributed by atoms with Gasteiger partial charge in [-0.25, -0.2) is 0 Å². The van der Waals surface area contributed by atoms with Gasteiger partial charge in [-0.05, 0) is 50.5 Å². The minimum absolute atomic E-state index is 0.820. The topological polar surface area (TPSA) is 12.0 Å². The van der Waals surface area contributed by atoms with Crippen molar-refractivity contribution < 1.29 is 0 Å². The molecule has 1 nitrogen and oxygen atoms in total. The molecule has 1 N–H and O–H groups in total. The maximum atomic E-state index is 3.62. The molecular formula is C16H31N. The SMILES string of the molecule is CCC1CCC(C2CCCCCC2NC)CC1. The van der Waals surface area contributed by atoms with E-state index in [9.17, 15) is 0 Å². The number of hydrogen-bond donors (Lipinski definition) is 1. The van der Waals surface area contributed by atoms with Crippen molar-refractivity contribution in [3.8, 4) is 0 Å². The second-order valence-corrected chi connectivity index (χ2v) is 6.39. The van der Waals surface area contributed by atoms with Crippen LogP contribution in [0.15, 0.2) is 0 Å². The summed E-state index contributed by atoms with van der Waals surface area (Å²) in [5.74, 6) is 3.07. The van der Waals surface area contributed by atoms with Gasteiger partial charge in [0.2, 0.25) is 0 Å². The molecule has 1 heteroatoms. The van der Waals surface area contributed by atoms with Crippen molar-refractivity contribution in [2.75, 3.05) is 7.05 Å². The van der Waals surface area contributed by atoms with Crippen molar-refractivity contribution in [1.82, 2.24) is 5.32 Å². The van der Waals surface area contributed by atoms with E-state index in [0.717, 1.165) is 23.8 Å². The Morgan fingerprint density at radius 1 is 0.882 bits per heavy atom. The van der Waals surface area contributed by atoms with Crippen molar-refractivity contribution in [3.63, 3.8) is 0 Å². The highest BCUT2D eigenvalue weighted by atomic mass is 14.9. The molecule has 2 unspecified atom stereocenters. The van der Waals surface area contributed by atoms with Gasteiger partial charge < -0.3 is 5.32 Å². The normalized spacial score (nSPS) is 39.9. The molecule has 2 fully saturated rings. The lowest BCUT2D eigenvalue weighted by Gasteiger charge is -2.37. The Balaban J connectivity index is 1.90. The van der Waals surface area contributed by atoms with Gasteiger partial charge >= 0.3 is 0 Å².